The summed E-state index contributed by atoms with van der Waals surface area (Å²) in [5.74, 6) is 0.120. The number of thiophene rings is 1. The van der Waals surface area contributed by atoms with Gasteiger partial charge in [-0.3, -0.25) is 14.2 Å². The van der Waals surface area contributed by atoms with Crippen molar-refractivity contribution in [1.29, 1.82) is 0 Å². The third-order valence-corrected chi connectivity index (χ3v) is 7.91. The van der Waals surface area contributed by atoms with Gasteiger partial charge in [-0.2, -0.15) is 0 Å². The van der Waals surface area contributed by atoms with Gasteiger partial charge in [-0.15, -0.1) is 11.3 Å². The average Bonchev–Trinajstić information content (AvgIpc) is 3.16. The van der Waals surface area contributed by atoms with E-state index in [0.29, 0.717) is 26.9 Å². The van der Waals surface area contributed by atoms with Gasteiger partial charge in [0.15, 0.2) is 10.9 Å². The van der Waals surface area contributed by atoms with Crippen LogP contribution in [0, 0.1) is 11.7 Å². The molecule has 0 fully saturated rings. The molecule has 1 aliphatic rings. The third kappa shape index (κ3) is 3.80. The second kappa shape index (κ2) is 8.64. The fraction of sp³-hybridized carbons (Fsp3) is 0.240. The number of carbonyl (C=O) groups excluding carboxylic acids is 1. The maximum Gasteiger partial charge on any atom is 0.267 e. The van der Waals surface area contributed by atoms with Gasteiger partial charge in [-0.25, -0.2) is 9.37 Å². The first-order chi connectivity index (χ1) is 15.5. The van der Waals surface area contributed by atoms with E-state index in [4.69, 9.17) is 4.98 Å². The number of nitrogens with zero attached hydrogens (tertiary/aromatic N) is 2. The first-order valence-electron chi connectivity index (χ1n) is 10.6. The number of Topliss-reactive ketones (excluding diaryl/α,β-unsaturated/α-hetero) is 1. The molecule has 0 aliphatic heterocycles. The highest BCUT2D eigenvalue weighted by molar-refractivity contribution is 7.99. The molecule has 2 aromatic heterocycles. The Labute approximate surface area is 193 Å². The summed E-state index contributed by atoms with van der Waals surface area (Å²) in [6.45, 7) is 2.22. The van der Waals surface area contributed by atoms with Gasteiger partial charge in [0.25, 0.3) is 5.56 Å². The van der Waals surface area contributed by atoms with Crippen LogP contribution in [0.3, 0.4) is 0 Å². The molecule has 4 nitrogen and oxygen atoms in total. The van der Waals surface area contributed by atoms with Crippen LogP contribution in [0.4, 0.5) is 4.39 Å². The zero-order valence-corrected chi connectivity index (χ0v) is 19.1. The van der Waals surface area contributed by atoms with Crippen molar-refractivity contribution >= 4 is 39.1 Å². The van der Waals surface area contributed by atoms with E-state index in [9.17, 15) is 14.0 Å². The van der Waals surface area contributed by atoms with E-state index in [1.807, 2.05) is 18.2 Å². The molecule has 2 aromatic carbocycles. The Morgan fingerprint density at radius 2 is 1.94 bits per heavy atom. The molecule has 5 rings (SSSR count). The smallest absolute Gasteiger partial charge is 0.267 e. The van der Waals surface area contributed by atoms with Crippen molar-refractivity contribution in [1.82, 2.24) is 9.55 Å². The molecule has 32 heavy (non-hydrogen) atoms. The zero-order chi connectivity index (χ0) is 22.2. The fourth-order valence-electron chi connectivity index (χ4n) is 4.15. The van der Waals surface area contributed by atoms with Crippen LogP contribution < -0.4 is 5.56 Å². The van der Waals surface area contributed by atoms with Crippen molar-refractivity contribution < 1.29 is 9.18 Å². The molecule has 0 saturated carbocycles. The molecule has 7 heteroatoms. The Balaban J connectivity index is 1.64. The van der Waals surface area contributed by atoms with Crippen LogP contribution >= 0.6 is 23.1 Å². The van der Waals surface area contributed by atoms with E-state index < -0.39 is 5.82 Å². The summed E-state index contributed by atoms with van der Waals surface area (Å²) in [5.41, 5.74) is 1.55. The minimum atomic E-state index is -0.496. The number of hydrogen-bond donors (Lipinski definition) is 0. The zero-order valence-electron chi connectivity index (χ0n) is 17.5. The predicted octanol–water partition coefficient (Wildman–Crippen LogP) is 5.69. The van der Waals surface area contributed by atoms with Crippen LogP contribution in [0.15, 0.2) is 64.5 Å². The average molecular weight is 465 g/mol. The van der Waals surface area contributed by atoms with Gasteiger partial charge >= 0.3 is 0 Å². The number of aryl methyl sites for hydroxylation is 1. The van der Waals surface area contributed by atoms with Crippen LogP contribution in [0.25, 0.3) is 15.9 Å². The lowest BCUT2D eigenvalue weighted by molar-refractivity contribution is 0.102. The van der Waals surface area contributed by atoms with Gasteiger partial charge in [0, 0.05) is 10.4 Å². The molecule has 0 N–H and O–H groups in total. The molecule has 0 bridgehead atoms. The first-order valence-corrected chi connectivity index (χ1v) is 12.4. The van der Waals surface area contributed by atoms with Crippen molar-refractivity contribution in [3.63, 3.8) is 0 Å². The van der Waals surface area contributed by atoms with Gasteiger partial charge in [0.05, 0.1) is 16.8 Å². The number of aromatic nitrogens is 2. The number of ketones is 1. The van der Waals surface area contributed by atoms with Gasteiger partial charge in [0.1, 0.15) is 10.6 Å². The van der Waals surface area contributed by atoms with Crippen molar-refractivity contribution in [3.8, 4) is 5.69 Å². The number of halogens is 1. The molecule has 0 saturated heterocycles. The molecule has 0 spiro atoms. The van der Waals surface area contributed by atoms with Crippen molar-refractivity contribution in [3.05, 3.63) is 86.8 Å². The molecule has 1 unspecified atom stereocenters. The lowest BCUT2D eigenvalue weighted by atomic mass is 9.89. The van der Waals surface area contributed by atoms with Crippen LogP contribution in [0.5, 0.6) is 0 Å². The highest BCUT2D eigenvalue weighted by atomic mass is 32.2. The van der Waals surface area contributed by atoms with Crippen molar-refractivity contribution in [2.24, 2.45) is 5.92 Å². The number of fused-ring (bicyclic) bond motifs is 3. The van der Waals surface area contributed by atoms with Crippen LogP contribution in [0.2, 0.25) is 0 Å². The SMILES string of the molecule is CC1CCc2c(sc3nc(SCC(=O)c4ccccc4)n(-c4ccccc4F)c(=O)c23)C1. The minimum absolute atomic E-state index is 0.0654. The maximum absolute atomic E-state index is 14.8. The monoisotopic (exact) mass is 464 g/mol. The molecular weight excluding hydrogens is 443 g/mol. The number of carbonyl (C=O) groups is 1. The first kappa shape index (κ1) is 21.1. The topological polar surface area (TPSA) is 52.0 Å². The number of rotatable bonds is 5. The molecule has 162 valence electrons. The van der Waals surface area contributed by atoms with E-state index in [0.717, 1.165) is 24.8 Å². The standard InChI is InChI=1S/C25H21FN2O2S2/c1-15-11-12-17-21(13-15)32-23-22(17)24(30)28(19-10-6-5-9-18(19)26)25(27-23)31-14-20(29)16-7-3-2-4-8-16/h2-10,15H,11-14H2,1H3. The predicted molar refractivity (Wildman–Crippen MR) is 128 cm³/mol. The van der Waals surface area contributed by atoms with Gasteiger partial charge in [0.2, 0.25) is 0 Å². The maximum atomic E-state index is 14.8. The summed E-state index contributed by atoms with van der Waals surface area (Å²) in [6.07, 6.45) is 2.80. The van der Waals surface area contributed by atoms with E-state index >= 15 is 0 Å². The number of hydrogen-bond acceptors (Lipinski definition) is 5. The molecular formula is C25H21FN2O2S2. The molecule has 1 atom stereocenters. The molecule has 2 heterocycles. The highest BCUT2D eigenvalue weighted by Gasteiger charge is 2.26. The molecule has 0 amide bonds. The lowest BCUT2D eigenvalue weighted by Crippen LogP contribution is -2.23. The van der Waals surface area contributed by atoms with Crippen LogP contribution in [-0.4, -0.2) is 21.1 Å². The van der Waals surface area contributed by atoms with Crippen molar-refractivity contribution in [2.75, 3.05) is 5.75 Å². The van der Waals surface area contributed by atoms with E-state index in [1.54, 1.807) is 41.7 Å². The fourth-order valence-corrected chi connectivity index (χ4v) is 6.48. The number of para-hydroxylation sites is 1. The summed E-state index contributed by atoms with van der Waals surface area (Å²) in [6, 6.07) is 15.2. The van der Waals surface area contributed by atoms with Gasteiger partial charge in [-0.1, -0.05) is 61.2 Å². The Morgan fingerprint density at radius 1 is 1.19 bits per heavy atom. The van der Waals surface area contributed by atoms with Crippen molar-refractivity contribution in [2.45, 2.75) is 31.3 Å². The van der Waals surface area contributed by atoms with Crippen LogP contribution in [-0.2, 0) is 12.8 Å². The number of benzene rings is 2. The second-order valence-electron chi connectivity index (χ2n) is 8.10. The van der Waals surface area contributed by atoms with E-state index in [2.05, 4.69) is 6.92 Å². The second-order valence-corrected chi connectivity index (χ2v) is 10.1. The lowest BCUT2D eigenvalue weighted by Gasteiger charge is -2.18. The summed E-state index contributed by atoms with van der Waals surface area (Å²) in [5, 5.41) is 0.933. The van der Waals surface area contributed by atoms with E-state index in [1.165, 1.54) is 27.3 Å². The summed E-state index contributed by atoms with van der Waals surface area (Å²) in [7, 11) is 0. The Kier molecular flexibility index (Phi) is 5.69. The van der Waals surface area contributed by atoms with E-state index in [-0.39, 0.29) is 22.8 Å². The number of thioether (sulfide) groups is 1. The minimum Gasteiger partial charge on any atom is -0.293 e. The Bertz CT molecular complexity index is 1380. The summed E-state index contributed by atoms with van der Waals surface area (Å²) >= 11 is 2.73. The normalized spacial score (nSPS) is 15.6. The van der Waals surface area contributed by atoms with Crippen LogP contribution in [0.1, 0.15) is 34.1 Å². The van der Waals surface area contributed by atoms with Gasteiger partial charge in [-0.05, 0) is 42.9 Å². The Morgan fingerprint density at radius 3 is 2.72 bits per heavy atom. The Hall–Kier alpha value is -2.77. The largest absolute Gasteiger partial charge is 0.293 e. The quantitative estimate of drug-likeness (QED) is 0.216. The molecule has 0 radical (unpaired) electrons. The summed E-state index contributed by atoms with van der Waals surface area (Å²) < 4.78 is 16.1. The molecule has 4 aromatic rings. The van der Waals surface area contributed by atoms with Gasteiger partial charge < -0.3 is 0 Å². The third-order valence-electron chi connectivity index (χ3n) is 5.82. The highest BCUT2D eigenvalue weighted by Crippen LogP contribution is 2.37. The summed E-state index contributed by atoms with van der Waals surface area (Å²) in [4.78, 5) is 33.0. The molecule has 1 aliphatic carbocycles.